The van der Waals surface area contributed by atoms with Crippen molar-refractivity contribution in [3.63, 3.8) is 0 Å². The van der Waals surface area contributed by atoms with Gasteiger partial charge in [-0.25, -0.2) is 8.42 Å². The summed E-state index contributed by atoms with van der Waals surface area (Å²) in [4.78, 5) is 14.7. The van der Waals surface area contributed by atoms with E-state index in [-0.39, 0.29) is 17.3 Å². The van der Waals surface area contributed by atoms with Gasteiger partial charge in [0.25, 0.3) is 0 Å². The van der Waals surface area contributed by atoms with Crippen LogP contribution in [0.1, 0.15) is 5.56 Å². The predicted octanol–water partition coefficient (Wildman–Crippen LogP) is 2.38. The van der Waals surface area contributed by atoms with Crippen LogP contribution in [0.5, 0.6) is 0 Å². The van der Waals surface area contributed by atoms with E-state index in [1.807, 2.05) is 23.1 Å². The summed E-state index contributed by atoms with van der Waals surface area (Å²) in [6, 6.07) is 16.4. The molecule has 0 bridgehead atoms. The second-order valence-electron chi connectivity index (χ2n) is 7.35. The smallest absolute Gasteiger partial charge is 0.243 e. The van der Waals surface area contributed by atoms with Gasteiger partial charge in [-0.15, -0.1) is 6.58 Å². The number of sulfonamides is 1. The molecule has 0 atom stereocenters. The Labute approximate surface area is 184 Å². The molecule has 0 unspecified atom stereocenters. The molecule has 2 aromatic rings. The van der Waals surface area contributed by atoms with E-state index in [1.54, 1.807) is 18.2 Å². The first-order chi connectivity index (χ1) is 15.0. The predicted molar refractivity (Wildman–Crippen MR) is 121 cm³/mol. The maximum atomic E-state index is 12.7. The highest BCUT2D eigenvalue weighted by atomic mass is 32.2. The van der Waals surface area contributed by atoms with Gasteiger partial charge in [-0.1, -0.05) is 36.4 Å². The zero-order valence-electron chi connectivity index (χ0n) is 17.6. The largest absolute Gasteiger partial charge is 0.379 e. The molecule has 0 saturated carbocycles. The lowest BCUT2D eigenvalue weighted by Crippen LogP contribution is -2.40. The zero-order chi connectivity index (χ0) is 22.1. The number of amides is 1. The molecule has 3 rings (SSSR count). The number of nitrogens with zero attached hydrogens (tertiary/aromatic N) is 2. The highest BCUT2D eigenvalue weighted by molar-refractivity contribution is 7.89. The number of rotatable bonds is 10. The molecule has 8 heteroatoms. The van der Waals surface area contributed by atoms with Crippen molar-refractivity contribution < 1.29 is 17.9 Å². The highest BCUT2D eigenvalue weighted by Crippen LogP contribution is 2.19. The van der Waals surface area contributed by atoms with Crippen molar-refractivity contribution in [1.29, 1.82) is 0 Å². The van der Waals surface area contributed by atoms with E-state index in [0.29, 0.717) is 38.5 Å². The SMILES string of the molecule is C=CCN(CCc1ccccc1)CC(=O)Nc1ccc(S(=O)(=O)N2CCOCC2)cc1. The van der Waals surface area contributed by atoms with Gasteiger partial charge in [-0.05, 0) is 36.2 Å². The number of carbonyl (C=O) groups excluding carboxylic acids is 1. The third kappa shape index (κ3) is 6.73. The molecule has 7 nitrogen and oxygen atoms in total. The fourth-order valence-electron chi connectivity index (χ4n) is 3.40. The Morgan fingerprint density at radius 3 is 2.42 bits per heavy atom. The Kier molecular flexibility index (Phi) is 8.36. The summed E-state index contributed by atoms with van der Waals surface area (Å²) in [7, 11) is -3.55. The highest BCUT2D eigenvalue weighted by Gasteiger charge is 2.26. The van der Waals surface area contributed by atoms with Gasteiger partial charge in [0.2, 0.25) is 15.9 Å². The topological polar surface area (TPSA) is 79.0 Å². The van der Waals surface area contributed by atoms with E-state index in [1.165, 1.54) is 22.0 Å². The van der Waals surface area contributed by atoms with Crippen LogP contribution >= 0.6 is 0 Å². The second-order valence-corrected chi connectivity index (χ2v) is 9.29. The first-order valence-corrected chi connectivity index (χ1v) is 11.8. The van der Waals surface area contributed by atoms with Crippen molar-refractivity contribution >= 4 is 21.6 Å². The van der Waals surface area contributed by atoms with Gasteiger partial charge < -0.3 is 10.1 Å². The molecule has 0 aliphatic carbocycles. The van der Waals surface area contributed by atoms with E-state index in [4.69, 9.17) is 4.74 Å². The number of hydrogen-bond acceptors (Lipinski definition) is 5. The summed E-state index contributed by atoms with van der Waals surface area (Å²) in [5.74, 6) is -0.154. The zero-order valence-corrected chi connectivity index (χ0v) is 18.4. The summed E-state index contributed by atoms with van der Waals surface area (Å²) >= 11 is 0. The third-order valence-electron chi connectivity index (χ3n) is 5.06. The van der Waals surface area contributed by atoms with Crippen LogP contribution in [0.4, 0.5) is 5.69 Å². The Balaban J connectivity index is 1.55. The Morgan fingerprint density at radius 1 is 1.10 bits per heavy atom. The summed E-state index contributed by atoms with van der Waals surface area (Å²) in [5, 5.41) is 2.84. The van der Waals surface area contributed by atoms with E-state index < -0.39 is 10.0 Å². The van der Waals surface area contributed by atoms with E-state index in [0.717, 1.165) is 13.0 Å². The Morgan fingerprint density at radius 2 is 1.77 bits per heavy atom. The van der Waals surface area contributed by atoms with Crippen molar-refractivity contribution in [1.82, 2.24) is 9.21 Å². The van der Waals surface area contributed by atoms with Gasteiger partial charge in [-0.3, -0.25) is 9.69 Å². The third-order valence-corrected chi connectivity index (χ3v) is 6.97. The van der Waals surface area contributed by atoms with Gasteiger partial charge in [0.1, 0.15) is 0 Å². The molecular weight excluding hydrogens is 414 g/mol. The van der Waals surface area contributed by atoms with Gasteiger partial charge in [0, 0.05) is 31.9 Å². The Bertz CT molecular complexity index is 956. The first-order valence-electron chi connectivity index (χ1n) is 10.3. The van der Waals surface area contributed by atoms with Gasteiger partial charge in [0.15, 0.2) is 0 Å². The minimum atomic E-state index is -3.55. The monoisotopic (exact) mass is 443 g/mol. The van der Waals surface area contributed by atoms with Crippen molar-refractivity contribution in [2.45, 2.75) is 11.3 Å². The molecule has 1 saturated heterocycles. The molecule has 1 fully saturated rings. The number of carbonyl (C=O) groups is 1. The van der Waals surface area contributed by atoms with E-state index in [9.17, 15) is 13.2 Å². The normalized spacial score (nSPS) is 15.0. The number of morpholine rings is 1. The van der Waals surface area contributed by atoms with Crippen LogP contribution in [0, 0.1) is 0 Å². The molecular formula is C23H29N3O4S. The number of anilines is 1. The van der Waals surface area contributed by atoms with Crippen LogP contribution in [-0.2, 0) is 26.0 Å². The lowest BCUT2D eigenvalue weighted by molar-refractivity contribution is -0.117. The van der Waals surface area contributed by atoms with Gasteiger partial charge >= 0.3 is 0 Å². The fraction of sp³-hybridized carbons (Fsp3) is 0.348. The minimum absolute atomic E-state index is 0.154. The lowest BCUT2D eigenvalue weighted by atomic mass is 10.1. The number of benzene rings is 2. The molecule has 166 valence electrons. The minimum Gasteiger partial charge on any atom is -0.379 e. The maximum absolute atomic E-state index is 12.7. The summed E-state index contributed by atoms with van der Waals surface area (Å²) in [5.41, 5.74) is 1.78. The van der Waals surface area contributed by atoms with Crippen molar-refractivity contribution in [2.75, 3.05) is 51.3 Å². The number of ether oxygens (including phenoxy) is 1. The first kappa shape index (κ1) is 23.1. The van der Waals surface area contributed by atoms with Gasteiger partial charge in [0.05, 0.1) is 24.7 Å². The fourth-order valence-corrected chi connectivity index (χ4v) is 4.81. The summed E-state index contributed by atoms with van der Waals surface area (Å²) in [6.45, 7) is 6.85. The molecule has 1 aliphatic rings. The molecule has 1 N–H and O–H groups in total. The molecule has 31 heavy (non-hydrogen) atoms. The van der Waals surface area contributed by atoms with Crippen LogP contribution in [0.15, 0.2) is 72.1 Å². The molecule has 1 amide bonds. The number of nitrogens with one attached hydrogen (secondary N) is 1. The van der Waals surface area contributed by atoms with Crippen LogP contribution in [0.3, 0.4) is 0 Å². The van der Waals surface area contributed by atoms with Crippen LogP contribution in [-0.4, -0.2) is 69.5 Å². The van der Waals surface area contributed by atoms with E-state index in [2.05, 4.69) is 24.0 Å². The molecule has 0 radical (unpaired) electrons. The molecule has 2 aromatic carbocycles. The van der Waals surface area contributed by atoms with Crippen LogP contribution < -0.4 is 5.32 Å². The lowest BCUT2D eigenvalue weighted by Gasteiger charge is -2.26. The molecule has 1 aliphatic heterocycles. The molecule has 1 heterocycles. The quantitative estimate of drug-likeness (QED) is 0.571. The molecule has 0 spiro atoms. The van der Waals surface area contributed by atoms with Crippen molar-refractivity contribution in [3.05, 3.63) is 72.8 Å². The van der Waals surface area contributed by atoms with Crippen LogP contribution in [0.2, 0.25) is 0 Å². The van der Waals surface area contributed by atoms with E-state index >= 15 is 0 Å². The standard InChI is InChI=1S/C23H29N3O4S/c1-2-13-25(14-12-20-6-4-3-5-7-20)19-23(27)24-21-8-10-22(11-9-21)31(28,29)26-15-17-30-18-16-26/h2-11H,1,12-19H2,(H,24,27). The summed E-state index contributed by atoms with van der Waals surface area (Å²) in [6.07, 6.45) is 2.62. The van der Waals surface area contributed by atoms with Crippen molar-refractivity contribution in [3.8, 4) is 0 Å². The molecule has 0 aromatic heterocycles. The van der Waals surface area contributed by atoms with Crippen LogP contribution in [0.25, 0.3) is 0 Å². The second kappa shape index (κ2) is 11.2. The number of hydrogen-bond donors (Lipinski definition) is 1. The average Bonchev–Trinajstić information content (AvgIpc) is 2.79. The summed E-state index contributed by atoms with van der Waals surface area (Å²) < 4.78 is 32.0. The van der Waals surface area contributed by atoms with Crippen molar-refractivity contribution in [2.24, 2.45) is 0 Å². The average molecular weight is 444 g/mol. The maximum Gasteiger partial charge on any atom is 0.243 e. The van der Waals surface area contributed by atoms with Gasteiger partial charge in [-0.2, -0.15) is 4.31 Å². The Hall–Kier alpha value is -2.52.